The van der Waals surface area contributed by atoms with Crippen molar-refractivity contribution in [3.8, 4) is 0 Å². The SMILES string of the molecule is CC1(C)OB(C=CC=N)OC1(C)C. The maximum absolute atomic E-state index is 6.84. The molecule has 72 valence electrons. The van der Waals surface area contributed by atoms with Crippen molar-refractivity contribution in [2.75, 3.05) is 0 Å². The number of allylic oxidation sites excluding steroid dienone is 1. The molecule has 13 heavy (non-hydrogen) atoms. The molecule has 4 heteroatoms. The van der Waals surface area contributed by atoms with Crippen LogP contribution in [0.5, 0.6) is 0 Å². The predicted octanol–water partition coefficient (Wildman–Crippen LogP) is 1.82. The normalized spacial score (nSPS) is 25.4. The molecule has 1 N–H and O–H groups in total. The third kappa shape index (κ3) is 2.01. The summed E-state index contributed by atoms with van der Waals surface area (Å²) in [5.41, 5.74) is -0.575. The minimum absolute atomic E-state index is 0.288. The molecule has 0 aromatic heterocycles. The van der Waals surface area contributed by atoms with Crippen molar-refractivity contribution >= 4 is 13.3 Å². The van der Waals surface area contributed by atoms with Gasteiger partial charge >= 0.3 is 7.12 Å². The Morgan fingerprint density at radius 2 is 1.54 bits per heavy atom. The van der Waals surface area contributed by atoms with Gasteiger partial charge in [-0.05, 0) is 27.7 Å². The molecule has 0 amide bonds. The Balaban J connectivity index is 2.70. The van der Waals surface area contributed by atoms with Crippen molar-refractivity contribution in [2.45, 2.75) is 38.9 Å². The van der Waals surface area contributed by atoms with Crippen molar-refractivity contribution in [3.63, 3.8) is 0 Å². The van der Waals surface area contributed by atoms with E-state index in [-0.39, 0.29) is 18.3 Å². The molecule has 1 rings (SSSR count). The van der Waals surface area contributed by atoms with Crippen molar-refractivity contribution in [1.29, 1.82) is 5.41 Å². The molecule has 0 aliphatic carbocycles. The summed E-state index contributed by atoms with van der Waals surface area (Å²) >= 11 is 0. The zero-order chi connectivity index (χ0) is 10.1. The van der Waals surface area contributed by atoms with Gasteiger partial charge in [-0.1, -0.05) is 12.1 Å². The average molecular weight is 181 g/mol. The summed E-state index contributed by atoms with van der Waals surface area (Å²) in [7, 11) is -0.327. The highest BCUT2D eigenvalue weighted by Gasteiger charge is 2.49. The Kier molecular flexibility index (Phi) is 2.64. The number of hydrogen-bond donors (Lipinski definition) is 1. The molecule has 1 saturated heterocycles. The largest absolute Gasteiger partial charge is 0.487 e. The molecule has 1 fully saturated rings. The highest BCUT2D eigenvalue weighted by molar-refractivity contribution is 6.52. The summed E-state index contributed by atoms with van der Waals surface area (Å²) in [6.07, 6.45) is 2.83. The smallest absolute Gasteiger partial charge is 0.400 e. The van der Waals surface area contributed by atoms with Crippen LogP contribution < -0.4 is 0 Å². The zero-order valence-corrected chi connectivity index (χ0v) is 8.63. The Morgan fingerprint density at radius 3 is 1.92 bits per heavy atom. The Morgan fingerprint density at radius 1 is 1.08 bits per heavy atom. The quantitative estimate of drug-likeness (QED) is 0.521. The summed E-state index contributed by atoms with van der Waals surface area (Å²) in [4.78, 5) is 0. The first kappa shape index (κ1) is 10.5. The van der Waals surface area contributed by atoms with Gasteiger partial charge < -0.3 is 14.7 Å². The highest BCUT2D eigenvalue weighted by atomic mass is 16.7. The van der Waals surface area contributed by atoms with E-state index < -0.39 is 0 Å². The number of rotatable bonds is 2. The second kappa shape index (κ2) is 3.27. The molecule has 0 aromatic carbocycles. The van der Waals surface area contributed by atoms with Crippen LogP contribution in [-0.2, 0) is 9.31 Å². The summed E-state index contributed by atoms with van der Waals surface area (Å²) in [5, 5.41) is 6.84. The standard InChI is InChI=1S/C9H16BNO2/c1-8(2)9(3,4)13-10(12-8)6-5-7-11/h5-7,11H,1-4H3. The predicted molar refractivity (Wildman–Crippen MR) is 54.0 cm³/mol. The molecule has 3 nitrogen and oxygen atoms in total. The fourth-order valence-electron chi connectivity index (χ4n) is 1.11. The van der Waals surface area contributed by atoms with Crippen LogP contribution >= 0.6 is 0 Å². The second-order valence-electron chi connectivity index (χ2n) is 4.18. The lowest BCUT2D eigenvalue weighted by molar-refractivity contribution is 0.00578. The van der Waals surface area contributed by atoms with Gasteiger partial charge in [-0.2, -0.15) is 0 Å². The van der Waals surface area contributed by atoms with Crippen molar-refractivity contribution in [3.05, 3.63) is 12.1 Å². The van der Waals surface area contributed by atoms with Crippen LogP contribution in [0.25, 0.3) is 0 Å². The van der Waals surface area contributed by atoms with Gasteiger partial charge in [-0.25, -0.2) is 0 Å². The van der Waals surface area contributed by atoms with E-state index in [0.717, 1.165) is 0 Å². The molecule has 0 unspecified atom stereocenters. The Bertz CT molecular complexity index is 220. The van der Waals surface area contributed by atoms with Gasteiger partial charge in [0.15, 0.2) is 0 Å². The third-order valence-corrected chi connectivity index (χ3v) is 2.64. The topological polar surface area (TPSA) is 42.3 Å². The van der Waals surface area contributed by atoms with Crippen LogP contribution in [0.2, 0.25) is 0 Å². The molecule has 0 atom stereocenters. The average Bonchev–Trinajstić information content (AvgIpc) is 2.17. The van der Waals surface area contributed by atoms with E-state index in [0.29, 0.717) is 0 Å². The molecule has 1 heterocycles. The van der Waals surface area contributed by atoms with Crippen LogP contribution in [0.4, 0.5) is 0 Å². The first-order valence-electron chi connectivity index (χ1n) is 4.42. The fraction of sp³-hybridized carbons (Fsp3) is 0.667. The van der Waals surface area contributed by atoms with E-state index in [1.165, 1.54) is 6.21 Å². The van der Waals surface area contributed by atoms with Gasteiger partial charge in [0.2, 0.25) is 0 Å². The van der Waals surface area contributed by atoms with Crippen LogP contribution in [-0.4, -0.2) is 24.5 Å². The molecule has 0 aromatic rings. The maximum Gasteiger partial charge on any atom is 0.487 e. The molecule has 1 aliphatic rings. The van der Waals surface area contributed by atoms with Crippen LogP contribution in [0.1, 0.15) is 27.7 Å². The molecular formula is C9H16BNO2. The minimum atomic E-state index is -0.327. The molecule has 0 bridgehead atoms. The van der Waals surface area contributed by atoms with Gasteiger partial charge in [-0.3, -0.25) is 0 Å². The fourth-order valence-corrected chi connectivity index (χ4v) is 1.11. The van der Waals surface area contributed by atoms with Crippen LogP contribution in [0, 0.1) is 5.41 Å². The van der Waals surface area contributed by atoms with E-state index in [2.05, 4.69) is 0 Å². The maximum atomic E-state index is 6.84. The molecular weight excluding hydrogens is 165 g/mol. The number of hydrogen-bond acceptors (Lipinski definition) is 3. The van der Waals surface area contributed by atoms with E-state index in [9.17, 15) is 0 Å². The van der Waals surface area contributed by atoms with Gasteiger partial charge in [0.1, 0.15) is 0 Å². The third-order valence-electron chi connectivity index (χ3n) is 2.64. The van der Waals surface area contributed by atoms with Gasteiger partial charge in [0.05, 0.1) is 11.2 Å². The van der Waals surface area contributed by atoms with E-state index >= 15 is 0 Å². The summed E-state index contributed by atoms with van der Waals surface area (Å²) in [6, 6.07) is 0. The zero-order valence-electron chi connectivity index (χ0n) is 8.63. The number of nitrogens with one attached hydrogen (secondary N) is 1. The molecule has 0 saturated carbocycles. The van der Waals surface area contributed by atoms with Crippen LogP contribution in [0.3, 0.4) is 0 Å². The van der Waals surface area contributed by atoms with E-state index in [1.807, 2.05) is 27.7 Å². The van der Waals surface area contributed by atoms with Crippen molar-refractivity contribution < 1.29 is 9.31 Å². The lowest BCUT2D eigenvalue weighted by Crippen LogP contribution is -2.41. The van der Waals surface area contributed by atoms with E-state index in [4.69, 9.17) is 14.7 Å². The van der Waals surface area contributed by atoms with Crippen molar-refractivity contribution in [1.82, 2.24) is 0 Å². The van der Waals surface area contributed by atoms with Gasteiger partial charge in [0, 0.05) is 6.21 Å². The lowest BCUT2D eigenvalue weighted by Gasteiger charge is -2.32. The van der Waals surface area contributed by atoms with Gasteiger partial charge in [-0.15, -0.1) is 0 Å². The monoisotopic (exact) mass is 181 g/mol. The summed E-state index contributed by atoms with van der Waals surface area (Å²) in [6.45, 7) is 8.02. The molecule has 0 spiro atoms. The Hall–Kier alpha value is -0.605. The second-order valence-corrected chi connectivity index (χ2v) is 4.18. The van der Waals surface area contributed by atoms with E-state index in [1.54, 1.807) is 12.1 Å². The first-order valence-corrected chi connectivity index (χ1v) is 4.42. The van der Waals surface area contributed by atoms with Crippen LogP contribution in [0.15, 0.2) is 12.1 Å². The lowest BCUT2D eigenvalue weighted by atomic mass is 9.90. The molecule has 0 radical (unpaired) electrons. The Labute approximate surface area is 79.8 Å². The van der Waals surface area contributed by atoms with Crippen molar-refractivity contribution in [2.24, 2.45) is 0 Å². The summed E-state index contributed by atoms with van der Waals surface area (Å²) in [5.74, 6) is 1.74. The summed E-state index contributed by atoms with van der Waals surface area (Å²) < 4.78 is 11.3. The minimum Gasteiger partial charge on any atom is -0.400 e. The molecule has 1 aliphatic heterocycles. The first-order chi connectivity index (χ1) is 5.89. The van der Waals surface area contributed by atoms with Gasteiger partial charge in [0.25, 0.3) is 0 Å². The highest BCUT2D eigenvalue weighted by Crippen LogP contribution is 2.36.